The first-order valence-electron chi connectivity index (χ1n) is 6.75. The lowest BCUT2D eigenvalue weighted by Gasteiger charge is -2.19. The van der Waals surface area contributed by atoms with Crippen LogP contribution in [-0.4, -0.2) is 0 Å². The SMILES string of the molecule is CC(C)(C)c1ccc(CNc2cc(F)c(F)cc2F)cc1. The molecule has 0 saturated heterocycles. The molecule has 2 aromatic rings. The molecule has 0 heterocycles. The van der Waals surface area contributed by atoms with Crippen LogP contribution in [0.5, 0.6) is 0 Å². The molecule has 4 heteroatoms. The van der Waals surface area contributed by atoms with Crippen molar-refractivity contribution in [1.82, 2.24) is 0 Å². The molecular formula is C17H18F3N. The van der Waals surface area contributed by atoms with Gasteiger partial charge in [0.1, 0.15) is 5.82 Å². The molecule has 112 valence electrons. The molecule has 0 aliphatic carbocycles. The first kappa shape index (κ1) is 15.4. The van der Waals surface area contributed by atoms with Gasteiger partial charge in [-0.05, 0) is 16.5 Å². The summed E-state index contributed by atoms with van der Waals surface area (Å²) in [6.45, 7) is 6.71. The number of nitrogens with one attached hydrogen (secondary N) is 1. The van der Waals surface area contributed by atoms with E-state index in [1.54, 1.807) is 0 Å². The van der Waals surface area contributed by atoms with E-state index in [1.807, 2.05) is 24.3 Å². The van der Waals surface area contributed by atoms with E-state index < -0.39 is 17.5 Å². The van der Waals surface area contributed by atoms with Gasteiger partial charge in [-0.25, -0.2) is 13.2 Å². The first-order valence-corrected chi connectivity index (χ1v) is 6.75. The molecule has 0 unspecified atom stereocenters. The minimum Gasteiger partial charge on any atom is -0.379 e. The van der Waals surface area contributed by atoms with Crippen molar-refractivity contribution < 1.29 is 13.2 Å². The molecule has 0 atom stereocenters. The molecule has 2 aromatic carbocycles. The van der Waals surface area contributed by atoms with Crippen LogP contribution in [0.3, 0.4) is 0 Å². The van der Waals surface area contributed by atoms with Crippen LogP contribution in [0.25, 0.3) is 0 Å². The number of halogens is 3. The normalized spacial score (nSPS) is 11.5. The molecule has 0 radical (unpaired) electrons. The Balaban J connectivity index is 2.08. The van der Waals surface area contributed by atoms with Gasteiger partial charge < -0.3 is 5.32 Å². The Hall–Kier alpha value is -1.97. The summed E-state index contributed by atoms with van der Waals surface area (Å²) < 4.78 is 39.4. The molecule has 0 saturated carbocycles. The maximum absolute atomic E-state index is 13.5. The van der Waals surface area contributed by atoms with Crippen LogP contribution in [0.15, 0.2) is 36.4 Å². The molecule has 1 nitrogen and oxygen atoms in total. The van der Waals surface area contributed by atoms with E-state index in [0.717, 1.165) is 11.6 Å². The smallest absolute Gasteiger partial charge is 0.161 e. The predicted molar refractivity (Wildman–Crippen MR) is 78.8 cm³/mol. The zero-order valence-corrected chi connectivity index (χ0v) is 12.3. The second-order valence-electron chi connectivity index (χ2n) is 6.05. The standard InChI is InChI=1S/C17H18F3N/c1-17(2,3)12-6-4-11(5-7-12)10-21-16-9-14(19)13(18)8-15(16)20/h4-9,21H,10H2,1-3H3. The first-order chi connectivity index (χ1) is 9.77. The number of rotatable bonds is 3. The maximum Gasteiger partial charge on any atom is 0.161 e. The van der Waals surface area contributed by atoms with Crippen LogP contribution >= 0.6 is 0 Å². The largest absolute Gasteiger partial charge is 0.379 e. The zero-order valence-electron chi connectivity index (χ0n) is 12.3. The summed E-state index contributed by atoms with van der Waals surface area (Å²) >= 11 is 0. The Labute approximate surface area is 122 Å². The highest BCUT2D eigenvalue weighted by molar-refractivity contribution is 5.46. The maximum atomic E-state index is 13.5. The van der Waals surface area contributed by atoms with E-state index in [2.05, 4.69) is 26.1 Å². The lowest BCUT2D eigenvalue weighted by Crippen LogP contribution is -2.11. The average Bonchev–Trinajstić information content (AvgIpc) is 2.41. The molecular weight excluding hydrogens is 275 g/mol. The highest BCUT2D eigenvalue weighted by Gasteiger charge is 2.13. The van der Waals surface area contributed by atoms with E-state index in [-0.39, 0.29) is 11.1 Å². The van der Waals surface area contributed by atoms with Crippen LogP contribution < -0.4 is 5.32 Å². The summed E-state index contributed by atoms with van der Waals surface area (Å²) in [7, 11) is 0. The highest BCUT2D eigenvalue weighted by Crippen LogP contribution is 2.23. The summed E-state index contributed by atoms with van der Waals surface area (Å²) in [4.78, 5) is 0. The molecule has 0 aromatic heterocycles. The number of anilines is 1. The van der Waals surface area contributed by atoms with Crippen molar-refractivity contribution in [1.29, 1.82) is 0 Å². The topological polar surface area (TPSA) is 12.0 Å². The molecule has 0 aliphatic heterocycles. The van der Waals surface area contributed by atoms with E-state index in [0.29, 0.717) is 12.6 Å². The van der Waals surface area contributed by atoms with Crippen molar-refractivity contribution in [3.63, 3.8) is 0 Å². The Morgan fingerprint density at radius 3 is 2.00 bits per heavy atom. The zero-order chi connectivity index (χ0) is 15.6. The molecule has 0 amide bonds. The summed E-state index contributed by atoms with van der Waals surface area (Å²) in [6.07, 6.45) is 0. The van der Waals surface area contributed by atoms with E-state index in [9.17, 15) is 13.2 Å². The second-order valence-corrected chi connectivity index (χ2v) is 6.05. The fourth-order valence-corrected chi connectivity index (χ4v) is 1.98. The van der Waals surface area contributed by atoms with Crippen LogP contribution in [-0.2, 0) is 12.0 Å². The third-order valence-electron chi connectivity index (χ3n) is 3.31. The molecule has 2 rings (SSSR count). The molecule has 21 heavy (non-hydrogen) atoms. The molecule has 0 fully saturated rings. The molecule has 1 N–H and O–H groups in total. The summed E-state index contributed by atoms with van der Waals surface area (Å²) in [5, 5.41) is 2.77. The van der Waals surface area contributed by atoms with Crippen LogP contribution in [0.4, 0.5) is 18.9 Å². The Morgan fingerprint density at radius 1 is 0.857 bits per heavy atom. The third kappa shape index (κ3) is 3.78. The van der Waals surface area contributed by atoms with Gasteiger partial charge in [0.2, 0.25) is 0 Å². The summed E-state index contributed by atoms with van der Waals surface area (Å²) in [5.74, 6) is -3.06. The van der Waals surface area contributed by atoms with Gasteiger partial charge in [-0.3, -0.25) is 0 Å². The quantitative estimate of drug-likeness (QED) is 0.784. The average molecular weight is 293 g/mol. The van der Waals surface area contributed by atoms with Gasteiger partial charge in [0, 0.05) is 18.7 Å². The fraction of sp³-hybridized carbons (Fsp3) is 0.294. The van der Waals surface area contributed by atoms with Crippen molar-refractivity contribution in [3.8, 4) is 0 Å². The molecule has 0 spiro atoms. The van der Waals surface area contributed by atoms with Gasteiger partial charge >= 0.3 is 0 Å². The predicted octanol–water partition coefficient (Wildman–Crippen LogP) is 5.01. The lowest BCUT2D eigenvalue weighted by atomic mass is 9.87. The second kappa shape index (κ2) is 5.80. The monoisotopic (exact) mass is 293 g/mol. The van der Waals surface area contributed by atoms with Crippen molar-refractivity contribution in [3.05, 3.63) is 65.0 Å². The van der Waals surface area contributed by atoms with Gasteiger partial charge in [-0.2, -0.15) is 0 Å². The van der Waals surface area contributed by atoms with Gasteiger partial charge in [0.25, 0.3) is 0 Å². The van der Waals surface area contributed by atoms with Gasteiger partial charge in [0.15, 0.2) is 11.6 Å². The van der Waals surface area contributed by atoms with Crippen molar-refractivity contribution in [2.24, 2.45) is 0 Å². The van der Waals surface area contributed by atoms with Crippen LogP contribution in [0.2, 0.25) is 0 Å². The van der Waals surface area contributed by atoms with E-state index in [4.69, 9.17) is 0 Å². The molecule has 0 bridgehead atoms. The number of benzene rings is 2. The van der Waals surface area contributed by atoms with Crippen LogP contribution in [0.1, 0.15) is 31.9 Å². The van der Waals surface area contributed by atoms with Crippen molar-refractivity contribution in [2.75, 3.05) is 5.32 Å². The van der Waals surface area contributed by atoms with Crippen molar-refractivity contribution >= 4 is 5.69 Å². The van der Waals surface area contributed by atoms with Gasteiger partial charge in [-0.15, -0.1) is 0 Å². The van der Waals surface area contributed by atoms with Crippen LogP contribution in [0, 0.1) is 17.5 Å². The Bertz CT molecular complexity index is 628. The summed E-state index contributed by atoms with van der Waals surface area (Å²) in [6, 6.07) is 9.27. The summed E-state index contributed by atoms with van der Waals surface area (Å²) in [5.41, 5.74) is 2.16. The third-order valence-corrected chi connectivity index (χ3v) is 3.31. The van der Waals surface area contributed by atoms with E-state index >= 15 is 0 Å². The molecule has 0 aliphatic rings. The fourth-order valence-electron chi connectivity index (χ4n) is 1.98. The Morgan fingerprint density at radius 2 is 1.43 bits per heavy atom. The highest BCUT2D eigenvalue weighted by atomic mass is 19.2. The van der Waals surface area contributed by atoms with E-state index in [1.165, 1.54) is 5.56 Å². The Kier molecular flexibility index (Phi) is 4.26. The number of hydrogen-bond acceptors (Lipinski definition) is 1. The van der Waals surface area contributed by atoms with Gasteiger partial charge in [0.05, 0.1) is 5.69 Å². The number of hydrogen-bond donors (Lipinski definition) is 1. The lowest BCUT2D eigenvalue weighted by molar-refractivity contribution is 0.496. The van der Waals surface area contributed by atoms with Crippen molar-refractivity contribution in [2.45, 2.75) is 32.7 Å². The minimum atomic E-state index is -1.19. The van der Waals surface area contributed by atoms with Gasteiger partial charge in [-0.1, -0.05) is 45.0 Å². The minimum absolute atomic E-state index is 0.0474.